The van der Waals surface area contributed by atoms with Crippen molar-refractivity contribution in [1.82, 2.24) is 5.32 Å². The Morgan fingerprint density at radius 1 is 1.03 bits per heavy atom. The molecule has 3 N–H and O–H groups in total. The summed E-state index contributed by atoms with van der Waals surface area (Å²) in [6, 6.07) is 0. The van der Waals surface area contributed by atoms with Gasteiger partial charge in [0, 0.05) is 30.9 Å². The highest BCUT2D eigenvalue weighted by atomic mass is 16.1. The van der Waals surface area contributed by atoms with Crippen LogP contribution >= 0.6 is 0 Å². The smallest absolute Gasteiger partial charge is 0.166 e. The van der Waals surface area contributed by atoms with Crippen molar-refractivity contribution in [2.24, 2.45) is 34.4 Å². The van der Waals surface area contributed by atoms with E-state index in [0.29, 0.717) is 47.3 Å². The third-order valence-electron chi connectivity index (χ3n) is 7.01. The molecule has 5 rings (SSSR count). The number of rotatable bonds is 3. The van der Waals surface area contributed by atoms with Gasteiger partial charge in [-0.05, 0) is 36.7 Å². The van der Waals surface area contributed by atoms with E-state index in [2.05, 4.69) is 60.0 Å². The fourth-order valence-electron chi connectivity index (χ4n) is 5.48. The molecule has 0 spiro atoms. The van der Waals surface area contributed by atoms with Gasteiger partial charge in [0.25, 0.3) is 0 Å². The molecule has 158 valence electrons. The fraction of sp³-hybridized carbons (Fsp3) is 0.333. The van der Waals surface area contributed by atoms with Crippen molar-refractivity contribution in [3.8, 4) is 0 Å². The summed E-state index contributed by atoms with van der Waals surface area (Å²) in [6.45, 7) is 0. The van der Waals surface area contributed by atoms with Crippen molar-refractivity contribution < 1.29 is 4.79 Å². The lowest BCUT2D eigenvalue weighted by molar-refractivity contribution is -0.115. The summed E-state index contributed by atoms with van der Waals surface area (Å²) in [5.41, 5.74) is 10.9. The molecule has 5 aliphatic carbocycles. The van der Waals surface area contributed by atoms with E-state index in [4.69, 9.17) is 10.7 Å². The van der Waals surface area contributed by atoms with Gasteiger partial charge in [-0.25, -0.2) is 4.99 Å². The molecular formula is C27H29N3O. The SMILES string of the molecule is CNC(N=C(N)C1=CC2C(C=CC3C=CC=CC32)C2=C1C=CCC2)=C1C=CCCC1=O. The second-order valence-corrected chi connectivity index (χ2v) is 8.75. The highest BCUT2D eigenvalue weighted by Crippen LogP contribution is 2.48. The van der Waals surface area contributed by atoms with Gasteiger partial charge in [0.1, 0.15) is 11.7 Å². The molecule has 31 heavy (non-hydrogen) atoms. The van der Waals surface area contributed by atoms with Gasteiger partial charge in [-0.15, -0.1) is 0 Å². The Morgan fingerprint density at radius 3 is 2.68 bits per heavy atom. The highest BCUT2D eigenvalue weighted by Gasteiger charge is 2.39. The van der Waals surface area contributed by atoms with E-state index in [1.54, 1.807) is 7.05 Å². The molecule has 4 nitrogen and oxygen atoms in total. The third-order valence-corrected chi connectivity index (χ3v) is 7.01. The Hall–Kier alpha value is -3.14. The maximum absolute atomic E-state index is 12.4. The summed E-state index contributed by atoms with van der Waals surface area (Å²) in [4.78, 5) is 17.1. The Labute approximate surface area is 184 Å². The molecule has 0 saturated carbocycles. The molecule has 0 aromatic rings. The first-order chi connectivity index (χ1) is 15.2. The van der Waals surface area contributed by atoms with Crippen LogP contribution in [0.3, 0.4) is 0 Å². The second-order valence-electron chi connectivity index (χ2n) is 8.75. The minimum Gasteiger partial charge on any atom is -0.383 e. The summed E-state index contributed by atoms with van der Waals surface area (Å²) in [7, 11) is 1.79. The molecule has 0 saturated heterocycles. The van der Waals surface area contributed by atoms with Crippen molar-refractivity contribution in [1.29, 1.82) is 0 Å². The number of ketones is 1. The van der Waals surface area contributed by atoms with Gasteiger partial charge in [0.15, 0.2) is 5.78 Å². The van der Waals surface area contributed by atoms with E-state index >= 15 is 0 Å². The molecule has 0 aromatic heterocycles. The first kappa shape index (κ1) is 19.8. The predicted molar refractivity (Wildman–Crippen MR) is 126 cm³/mol. The van der Waals surface area contributed by atoms with Crippen molar-refractivity contribution in [2.75, 3.05) is 7.05 Å². The number of hydrogen-bond acceptors (Lipinski definition) is 3. The molecular weight excluding hydrogens is 382 g/mol. The molecule has 0 heterocycles. The lowest BCUT2D eigenvalue weighted by Crippen LogP contribution is -2.35. The number of nitrogens with one attached hydrogen (secondary N) is 1. The first-order valence-corrected chi connectivity index (χ1v) is 11.3. The quantitative estimate of drug-likeness (QED) is 0.312. The van der Waals surface area contributed by atoms with Gasteiger partial charge >= 0.3 is 0 Å². The molecule has 0 amide bonds. The summed E-state index contributed by atoms with van der Waals surface area (Å²) >= 11 is 0. The van der Waals surface area contributed by atoms with E-state index in [1.165, 1.54) is 11.1 Å². The Kier molecular flexibility index (Phi) is 5.23. The summed E-state index contributed by atoms with van der Waals surface area (Å²) in [6.07, 6.45) is 27.8. The van der Waals surface area contributed by atoms with Crippen molar-refractivity contribution in [2.45, 2.75) is 25.7 Å². The van der Waals surface area contributed by atoms with Gasteiger partial charge < -0.3 is 11.1 Å². The topological polar surface area (TPSA) is 67.5 Å². The van der Waals surface area contributed by atoms with Crippen molar-refractivity contribution in [3.63, 3.8) is 0 Å². The monoisotopic (exact) mass is 411 g/mol. The molecule has 0 aliphatic heterocycles. The first-order valence-electron chi connectivity index (χ1n) is 11.3. The van der Waals surface area contributed by atoms with Gasteiger partial charge in [0.05, 0.1) is 5.57 Å². The van der Waals surface area contributed by atoms with Crippen molar-refractivity contribution in [3.05, 3.63) is 94.9 Å². The Balaban J connectivity index is 1.59. The summed E-state index contributed by atoms with van der Waals surface area (Å²) < 4.78 is 0. The number of hydrogen-bond donors (Lipinski definition) is 2. The number of nitrogens with two attached hydrogens (primary N) is 1. The van der Waals surface area contributed by atoms with Crippen LogP contribution in [0.2, 0.25) is 0 Å². The highest BCUT2D eigenvalue weighted by molar-refractivity contribution is 6.04. The minimum atomic E-state index is 0.109. The number of nitrogens with zero attached hydrogens (tertiary/aromatic N) is 1. The molecule has 0 bridgehead atoms. The average molecular weight is 412 g/mol. The van der Waals surface area contributed by atoms with Gasteiger partial charge in [-0.2, -0.15) is 0 Å². The van der Waals surface area contributed by atoms with Crippen molar-refractivity contribution >= 4 is 11.6 Å². The zero-order chi connectivity index (χ0) is 21.4. The van der Waals surface area contributed by atoms with Crippen LogP contribution < -0.4 is 11.1 Å². The number of fused-ring (bicyclic) bond motifs is 4. The number of amidine groups is 1. The maximum atomic E-state index is 12.4. The van der Waals surface area contributed by atoms with Crippen LogP contribution in [0.1, 0.15) is 25.7 Å². The van der Waals surface area contributed by atoms with Crippen LogP contribution in [-0.4, -0.2) is 18.7 Å². The van der Waals surface area contributed by atoms with E-state index in [-0.39, 0.29) is 5.78 Å². The minimum absolute atomic E-state index is 0.109. The maximum Gasteiger partial charge on any atom is 0.166 e. The van der Waals surface area contributed by atoms with E-state index < -0.39 is 0 Å². The van der Waals surface area contributed by atoms with Crippen LogP contribution in [-0.2, 0) is 4.79 Å². The number of carbonyl (C=O) groups excluding carboxylic acids is 1. The van der Waals surface area contributed by atoms with Crippen LogP contribution in [0.4, 0.5) is 0 Å². The number of Topliss-reactive ketones (excluding diaryl/α,β-unsaturated/α-hetero) is 1. The molecule has 4 unspecified atom stereocenters. The van der Waals surface area contributed by atoms with Crippen LogP contribution in [0.15, 0.2) is 99.9 Å². The van der Waals surface area contributed by atoms with Crippen LogP contribution in [0.25, 0.3) is 0 Å². The number of allylic oxidation sites excluding steroid dienone is 13. The number of carbonyl (C=O) groups is 1. The van der Waals surface area contributed by atoms with Gasteiger partial charge in [0.2, 0.25) is 0 Å². The lowest BCUT2D eigenvalue weighted by atomic mass is 9.62. The third kappa shape index (κ3) is 3.50. The van der Waals surface area contributed by atoms with Gasteiger partial charge in [-0.1, -0.05) is 72.4 Å². The normalized spacial score (nSPS) is 33.0. The largest absolute Gasteiger partial charge is 0.383 e. The molecule has 0 fully saturated rings. The summed E-state index contributed by atoms with van der Waals surface area (Å²) in [5.74, 6) is 2.78. The standard InChI is InChI=1S/C27H29N3O/c1-29-27(22-12-6-7-13-25(22)31)30-26(28)24-16-23-18-9-3-2-8-17(18)14-15-21(23)19-10-4-5-11-20(19)24/h2-3,5-6,8-9,11-12,14-18,21,23,29H,4,7,10,13H2,1H3,(H2,28,30). The Bertz CT molecular complexity index is 1070. The van der Waals surface area contributed by atoms with Crippen LogP contribution in [0.5, 0.6) is 0 Å². The zero-order valence-electron chi connectivity index (χ0n) is 17.9. The fourth-order valence-corrected chi connectivity index (χ4v) is 5.48. The predicted octanol–water partition coefficient (Wildman–Crippen LogP) is 4.44. The van der Waals surface area contributed by atoms with Crippen LogP contribution in [0, 0.1) is 23.7 Å². The average Bonchev–Trinajstić information content (AvgIpc) is 2.82. The summed E-state index contributed by atoms with van der Waals surface area (Å²) in [5, 5.41) is 3.09. The van der Waals surface area contributed by atoms with E-state index in [1.807, 2.05) is 12.2 Å². The molecule has 5 aliphatic rings. The molecule has 4 heteroatoms. The Morgan fingerprint density at radius 2 is 1.84 bits per heavy atom. The van der Waals surface area contributed by atoms with Gasteiger partial charge in [-0.3, -0.25) is 4.79 Å². The molecule has 0 radical (unpaired) electrons. The lowest BCUT2D eigenvalue weighted by Gasteiger charge is -2.42. The van der Waals surface area contributed by atoms with E-state index in [0.717, 1.165) is 24.8 Å². The number of aliphatic imine (C=N–C) groups is 1. The van der Waals surface area contributed by atoms with E-state index in [9.17, 15) is 4.79 Å². The second kappa shape index (κ2) is 8.18. The molecule has 0 aromatic carbocycles. The zero-order valence-corrected chi connectivity index (χ0v) is 17.9. The molecule has 4 atom stereocenters.